The summed E-state index contributed by atoms with van der Waals surface area (Å²) in [6, 6.07) is 5.95. The van der Waals surface area contributed by atoms with Crippen LogP contribution in [0.4, 0.5) is 5.69 Å². The lowest BCUT2D eigenvalue weighted by Crippen LogP contribution is -2.28. The van der Waals surface area contributed by atoms with Gasteiger partial charge in [-0.05, 0) is 25.5 Å². The van der Waals surface area contributed by atoms with Crippen LogP contribution in [-0.4, -0.2) is 28.1 Å². The van der Waals surface area contributed by atoms with E-state index in [1.165, 1.54) is 11.9 Å². The number of aromatic amines is 1. The Bertz CT molecular complexity index is 533. The fraction of sp³-hybridized carbons (Fsp3) is 0.250. The number of carbonyl (C=O) groups is 1. The van der Waals surface area contributed by atoms with E-state index < -0.39 is 0 Å². The van der Waals surface area contributed by atoms with Crippen molar-refractivity contribution in [2.75, 3.05) is 11.9 Å². The van der Waals surface area contributed by atoms with Gasteiger partial charge in [-0.2, -0.15) is 5.10 Å². The van der Waals surface area contributed by atoms with E-state index in [1.807, 2.05) is 32.0 Å². The summed E-state index contributed by atoms with van der Waals surface area (Å²) >= 11 is 0. The Hall–Kier alpha value is -2.17. The van der Waals surface area contributed by atoms with Gasteiger partial charge < -0.3 is 4.90 Å². The first-order valence-electron chi connectivity index (χ1n) is 5.30. The molecule has 0 atom stereocenters. The maximum Gasteiger partial charge on any atom is 0.295 e. The van der Waals surface area contributed by atoms with E-state index in [2.05, 4.69) is 15.2 Å². The molecule has 88 valence electrons. The first kappa shape index (κ1) is 11.3. The zero-order valence-corrected chi connectivity index (χ0v) is 10.1. The van der Waals surface area contributed by atoms with Gasteiger partial charge in [-0.1, -0.05) is 17.7 Å². The van der Waals surface area contributed by atoms with Crippen molar-refractivity contribution >= 4 is 11.6 Å². The summed E-state index contributed by atoms with van der Waals surface area (Å²) in [6.07, 6.45) is 1.32. The number of H-pyrrole nitrogens is 1. The van der Waals surface area contributed by atoms with Gasteiger partial charge in [0.1, 0.15) is 6.33 Å². The molecular weight excluding hydrogens is 216 g/mol. The molecule has 0 saturated heterocycles. The van der Waals surface area contributed by atoms with E-state index in [0.717, 1.165) is 11.3 Å². The quantitative estimate of drug-likeness (QED) is 0.854. The summed E-state index contributed by atoms with van der Waals surface area (Å²) in [5, 5.41) is 6.24. The number of hydrogen-bond acceptors (Lipinski definition) is 3. The van der Waals surface area contributed by atoms with Crippen molar-refractivity contribution in [2.24, 2.45) is 0 Å². The summed E-state index contributed by atoms with van der Waals surface area (Å²) in [6.45, 7) is 4.00. The molecule has 0 bridgehead atoms. The van der Waals surface area contributed by atoms with Gasteiger partial charge in [-0.15, -0.1) is 0 Å². The van der Waals surface area contributed by atoms with Crippen LogP contribution < -0.4 is 4.90 Å². The van der Waals surface area contributed by atoms with Crippen molar-refractivity contribution in [1.82, 2.24) is 15.2 Å². The molecular formula is C12H14N4O. The van der Waals surface area contributed by atoms with E-state index in [4.69, 9.17) is 0 Å². The fourth-order valence-corrected chi connectivity index (χ4v) is 1.76. The number of aromatic nitrogens is 3. The minimum Gasteiger partial charge on any atom is -0.308 e. The lowest BCUT2D eigenvalue weighted by atomic mass is 10.1. The number of nitrogens with zero attached hydrogens (tertiary/aromatic N) is 3. The van der Waals surface area contributed by atoms with Crippen LogP contribution in [0, 0.1) is 13.8 Å². The minimum absolute atomic E-state index is 0.200. The second-order valence-electron chi connectivity index (χ2n) is 3.99. The molecule has 0 aliphatic heterocycles. The van der Waals surface area contributed by atoms with Gasteiger partial charge >= 0.3 is 0 Å². The average Bonchev–Trinajstić information content (AvgIpc) is 2.80. The Morgan fingerprint density at radius 2 is 2.12 bits per heavy atom. The van der Waals surface area contributed by atoms with E-state index in [9.17, 15) is 4.79 Å². The molecule has 0 saturated carbocycles. The third-order valence-electron chi connectivity index (χ3n) is 2.64. The highest BCUT2D eigenvalue weighted by Crippen LogP contribution is 2.20. The van der Waals surface area contributed by atoms with Crippen molar-refractivity contribution in [3.05, 3.63) is 41.5 Å². The third-order valence-corrected chi connectivity index (χ3v) is 2.64. The summed E-state index contributed by atoms with van der Waals surface area (Å²) in [4.78, 5) is 17.5. The van der Waals surface area contributed by atoms with Crippen molar-refractivity contribution in [1.29, 1.82) is 0 Å². The lowest BCUT2D eigenvalue weighted by Gasteiger charge is -2.18. The molecule has 0 fully saturated rings. The number of amides is 1. The van der Waals surface area contributed by atoms with Crippen molar-refractivity contribution < 1.29 is 4.79 Å². The fourth-order valence-electron chi connectivity index (χ4n) is 1.76. The van der Waals surface area contributed by atoms with Gasteiger partial charge in [0, 0.05) is 12.7 Å². The number of hydrogen-bond donors (Lipinski definition) is 1. The number of aryl methyl sites for hydroxylation is 2. The van der Waals surface area contributed by atoms with Crippen LogP contribution in [0.25, 0.3) is 0 Å². The Morgan fingerprint density at radius 3 is 2.71 bits per heavy atom. The highest BCUT2D eigenvalue weighted by Gasteiger charge is 2.17. The molecule has 5 nitrogen and oxygen atoms in total. The van der Waals surface area contributed by atoms with Crippen LogP contribution in [0.15, 0.2) is 24.5 Å². The molecule has 5 heteroatoms. The standard InChI is InChI=1S/C12H14N4O/c1-8-4-5-10(9(2)6-8)16(3)12(17)11-13-7-14-15-11/h4-7H,1-3H3,(H,13,14,15). The molecule has 0 aliphatic rings. The summed E-state index contributed by atoms with van der Waals surface area (Å²) in [7, 11) is 1.72. The Balaban J connectivity index is 2.31. The Morgan fingerprint density at radius 1 is 1.35 bits per heavy atom. The summed E-state index contributed by atoms with van der Waals surface area (Å²) in [5.41, 5.74) is 3.10. The van der Waals surface area contributed by atoms with E-state index in [1.54, 1.807) is 11.9 Å². The zero-order chi connectivity index (χ0) is 12.4. The highest BCUT2D eigenvalue weighted by molar-refractivity contribution is 6.03. The number of carbonyl (C=O) groups excluding carboxylic acids is 1. The summed E-state index contributed by atoms with van der Waals surface area (Å²) < 4.78 is 0. The molecule has 2 rings (SSSR count). The molecule has 2 aromatic rings. The van der Waals surface area contributed by atoms with Crippen LogP contribution in [0.5, 0.6) is 0 Å². The van der Waals surface area contributed by atoms with Gasteiger partial charge in [0.25, 0.3) is 5.91 Å². The highest BCUT2D eigenvalue weighted by atomic mass is 16.2. The lowest BCUT2D eigenvalue weighted by molar-refractivity contribution is 0.0983. The molecule has 1 amide bonds. The molecule has 0 radical (unpaired) electrons. The molecule has 1 heterocycles. The number of anilines is 1. The maximum atomic E-state index is 12.0. The molecule has 1 aromatic carbocycles. The first-order valence-corrected chi connectivity index (χ1v) is 5.30. The van der Waals surface area contributed by atoms with E-state index >= 15 is 0 Å². The van der Waals surface area contributed by atoms with Crippen LogP contribution in [0.1, 0.15) is 21.7 Å². The van der Waals surface area contributed by atoms with Crippen LogP contribution in [0.3, 0.4) is 0 Å². The van der Waals surface area contributed by atoms with Gasteiger partial charge in [-0.3, -0.25) is 9.89 Å². The molecule has 1 aromatic heterocycles. The second kappa shape index (κ2) is 4.37. The summed E-state index contributed by atoms with van der Waals surface area (Å²) in [5.74, 6) is 0.0435. The monoisotopic (exact) mass is 230 g/mol. The second-order valence-corrected chi connectivity index (χ2v) is 3.99. The molecule has 0 unspecified atom stereocenters. The van der Waals surface area contributed by atoms with Gasteiger partial charge in [0.2, 0.25) is 5.82 Å². The number of nitrogens with one attached hydrogen (secondary N) is 1. The first-order chi connectivity index (χ1) is 8.09. The van der Waals surface area contributed by atoms with Crippen molar-refractivity contribution in [3.8, 4) is 0 Å². The third kappa shape index (κ3) is 2.18. The van der Waals surface area contributed by atoms with E-state index in [-0.39, 0.29) is 11.7 Å². The largest absolute Gasteiger partial charge is 0.308 e. The molecule has 1 N–H and O–H groups in total. The molecule has 0 spiro atoms. The molecule has 17 heavy (non-hydrogen) atoms. The topological polar surface area (TPSA) is 61.9 Å². The van der Waals surface area contributed by atoms with Gasteiger partial charge in [0.05, 0.1) is 0 Å². The molecule has 0 aliphatic carbocycles. The Kier molecular flexibility index (Phi) is 2.91. The smallest absolute Gasteiger partial charge is 0.295 e. The van der Waals surface area contributed by atoms with Crippen LogP contribution >= 0.6 is 0 Å². The number of rotatable bonds is 2. The van der Waals surface area contributed by atoms with Crippen LogP contribution in [0.2, 0.25) is 0 Å². The van der Waals surface area contributed by atoms with Gasteiger partial charge in [-0.25, -0.2) is 4.98 Å². The predicted molar refractivity (Wildman–Crippen MR) is 65.0 cm³/mol. The maximum absolute atomic E-state index is 12.0. The predicted octanol–water partition coefficient (Wildman–Crippen LogP) is 1.70. The van der Waals surface area contributed by atoms with Crippen molar-refractivity contribution in [2.45, 2.75) is 13.8 Å². The normalized spacial score (nSPS) is 10.3. The van der Waals surface area contributed by atoms with Gasteiger partial charge in [0.15, 0.2) is 0 Å². The van der Waals surface area contributed by atoms with E-state index in [0.29, 0.717) is 0 Å². The SMILES string of the molecule is Cc1ccc(N(C)C(=O)c2ncn[nH]2)c(C)c1. The number of benzene rings is 1. The van der Waals surface area contributed by atoms with Crippen LogP contribution in [-0.2, 0) is 0 Å². The van der Waals surface area contributed by atoms with Crippen molar-refractivity contribution in [3.63, 3.8) is 0 Å². The zero-order valence-electron chi connectivity index (χ0n) is 10.1. The average molecular weight is 230 g/mol. The Labute approximate surface area is 99.5 Å². The minimum atomic E-state index is -0.200.